The normalized spacial score (nSPS) is 11.8. The van der Waals surface area contributed by atoms with Gasteiger partial charge in [0.15, 0.2) is 0 Å². The lowest BCUT2D eigenvalue weighted by Gasteiger charge is -2.15. The van der Waals surface area contributed by atoms with Crippen molar-refractivity contribution in [2.75, 3.05) is 0 Å². The molecule has 0 bridgehead atoms. The number of aliphatic carboxylic acids is 1. The standard InChI is InChI=1S/C14H11ClO3/c15-11-6-8-12(9-7-11)18-13(14(16)17)10-4-2-1-3-5-10/h1-9,13H,(H,16,17). The lowest BCUT2D eigenvalue weighted by molar-refractivity contribution is -0.145. The van der Waals surface area contributed by atoms with Crippen LogP contribution in [-0.4, -0.2) is 11.1 Å². The Morgan fingerprint density at radius 3 is 2.22 bits per heavy atom. The molecule has 0 fully saturated rings. The Kier molecular flexibility index (Phi) is 3.85. The molecule has 4 heteroatoms. The third-order valence-electron chi connectivity index (χ3n) is 2.39. The molecule has 0 spiro atoms. The number of rotatable bonds is 4. The van der Waals surface area contributed by atoms with Crippen LogP contribution in [0.25, 0.3) is 0 Å². The van der Waals surface area contributed by atoms with Crippen molar-refractivity contribution in [3.05, 3.63) is 65.2 Å². The highest BCUT2D eigenvalue weighted by molar-refractivity contribution is 6.30. The topological polar surface area (TPSA) is 46.5 Å². The van der Waals surface area contributed by atoms with Gasteiger partial charge in [0.1, 0.15) is 5.75 Å². The summed E-state index contributed by atoms with van der Waals surface area (Å²) in [5.74, 6) is -0.563. The molecular formula is C14H11ClO3. The van der Waals surface area contributed by atoms with Gasteiger partial charge in [-0.15, -0.1) is 0 Å². The van der Waals surface area contributed by atoms with E-state index in [4.69, 9.17) is 16.3 Å². The quantitative estimate of drug-likeness (QED) is 0.917. The Morgan fingerprint density at radius 1 is 1.06 bits per heavy atom. The van der Waals surface area contributed by atoms with Gasteiger partial charge in [0.05, 0.1) is 0 Å². The minimum Gasteiger partial charge on any atom is -0.478 e. The molecule has 0 heterocycles. The van der Waals surface area contributed by atoms with E-state index in [9.17, 15) is 9.90 Å². The van der Waals surface area contributed by atoms with Gasteiger partial charge in [-0.3, -0.25) is 0 Å². The summed E-state index contributed by atoms with van der Waals surface area (Å²) in [6.07, 6.45) is -1.02. The second-order valence-corrected chi connectivity index (χ2v) is 4.14. The first-order chi connectivity index (χ1) is 8.66. The zero-order valence-electron chi connectivity index (χ0n) is 9.42. The SMILES string of the molecule is O=C(O)C(Oc1ccc(Cl)cc1)c1ccccc1. The molecule has 0 aliphatic heterocycles. The van der Waals surface area contributed by atoms with E-state index in [1.54, 1.807) is 48.5 Å². The monoisotopic (exact) mass is 262 g/mol. The molecule has 1 N–H and O–H groups in total. The molecule has 2 rings (SSSR count). The minimum atomic E-state index is -1.03. The Balaban J connectivity index is 2.22. The Morgan fingerprint density at radius 2 is 1.67 bits per heavy atom. The second kappa shape index (κ2) is 5.56. The van der Waals surface area contributed by atoms with E-state index in [1.165, 1.54) is 0 Å². The molecule has 0 aliphatic rings. The van der Waals surface area contributed by atoms with Gasteiger partial charge in [-0.2, -0.15) is 0 Å². The summed E-state index contributed by atoms with van der Waals surface area (Å²) in [4.78, 5) is 11.2. The Hall–Kier alpha value is -2.00. The van der Waals surface area contributed by atoms with Gasteiger partial charge in [-0.05, 0) is 24.3 Å². The van der Waals surface area contributed by atoms with Crippen LogP contribution in [0.5, 0.6) is 5.75 Å². The molecule has 1 atom stereocenters. The van der Waals surface area contributed by atoms with Crippen molar-refractivity contribution in [3.8, 4) is 5.75 Å². The summed E-state index contributed by atoms with van der Waals surface area (Å²) in [7, 11) is 0. The molecule has 0 aliphatic carbocycles. The van der Waals surface area contributed by atoms with Crippen LogP contribution in [0.2, 0.25) is 5.02 Å². The average molecular weight is 263 g/mol. The van der Waals surface area contributed by atoms with Crippen molar-refractivity contribution < 1.29 is 14.6 Å². The van der Waals surface area contributed by atoms with Gasteiger partial charge in [0.2, 0.25) is 6.10 Å². The van der Waals surface area contributed by atoms with Gasteiger partial charge in [0.25, 0.3) is 0 Å². The summed E-state index contributed by atoms with van der Waals surface area (Å²) in [5, 5.41) is 9.77. The van der Waals surface area contributed by atoms with E-state index in [-0.39, 0.29) is 0 Å². The molecule has 1 unspecified atom stereocenters. The molecule has 2 aromatic carbocycles. The summed E-state index contributed by atoms with van der Waals surface area (Å²) in [6, 6.07) is 15.4. The van der Waals surface area contributed by atoms with Crippen molar-refractivity contribution in [2.24, 2.45) is 0 Å². The number of benzene rings is 2. The Bertz CT molecular complexity index is 522. The fourth-order valence-electron chi connectivity index (χ4n) is 1.54. The summed E-state index contributed by atoms with van der Waals surface area (Å²) >= 11 is 5.76. The van der Waals surface area contributed by atoms with Crippen molar-refractivity contribution in [1.82, 2.24) is 0 Å². The molecule has 0 saturated carbocycles. The maximum absolute atomic E-state index is 11.2. The van der Waals surface area contributed by atoms with Gasteiger partial charge in [0, 0.05) is 10.6 Å². The lowest BCUT2D eigenvalue weighted by atomic mass is 10.1. The van der Waals surface area contributed by atoms with Gasteiger partial charge >= 0.3 is 5.97 Å². The largest absolute Gasteiger partial charge is 0.478 e. The van der Waals surface area contributed by atoms with E-state index >= 15 is 0 Å². The van der Waals surface area contributed by atoms with Crippen LogP contribution in [0, 0.1) is 0 Å². The van der Waals surface area contributed by atoms with E-state index in [1.807, 2.05) is 6.07 Å². The molecule has 18 heavy (non-hydrogen) atoms. The molecule has 3 nitrogen and oxygen atoms in total. The van der Waals surface area contributed by atoms with Gasteiger partial charge in [-0.1, -0.05) is 41.9 Å². The number of carbonyl (C=O) groups is 1. The average Bonchev–Trinajstić information content (AvgIpc) is 2.38. The number of ether oxygens (including phenoxy) is 1. The van der Waals surface area contributed by atoms with E-state index in [0.29, 0.717) is 16.3 Å². The number of carboxylic acids is 1. The van der Waals surface area contributed by atoms with E-state index in [0.717, 1.165) is 0 Å². The lowest BCUT2D eigenvalue weighted by Crippen LogP contribution is -2.18. The Labute approximate surface area is 110 Å². The van der Waals surface area contributed by atoms with Crippen molar-refractivity contribution in [3.63, 3.8) is 0 Å². The molecule has 0 saturated heterocycles. The predicted octanol–water partition coefficient (Wildman–Crippen LogP) is 3.54. The fourth-order valence-corrected chi connectivity index (χ4v) is 1.66. The summed E-state index contributed by atoms with van der Waals surface area (Å²) in [5.41, 5.74) is 0.597. The smallest absolute Gasteiger partial charge is 0.349 e. The van der Waals surface area contributed by atoms with E-state index < -0.39 is 12.1 Å². The third-order valence-corrected chi connectivity index (χ3v) is 2.65. The third kappa shape index (κ3) is 3.02. The van der Waals surface area contributed by atoms with Crippen LogP contribution in [0.1, 0.15) is 11.7 Å². The fraction of sp³-hybridized carbons (Fsp3) is 0.0714. The highest BCUT2D eigenvalue weighted by atomic mass is 35.5. The maximum Gasteiger partial charge on any atom is 0.349 e. The second-order valence-electron chi connectivity index (χ2n) is 3.70. The van der Waals surface area contributed by atoms with Crippen LogP contribution < -0.4 is 4.74 Å². The first-order valence-electron chi connectivity index (χ1n) is 5.37. The first-order valence-corrected chi connectivity index (χ1v) is 5.74. The van der Waals surface area contributed by atoms with E-state index in [2.05, 4.69) is 0 Å². The number of carboxylic acid groups (broad SMARTS) is 1. The van der Waals surface area contributed by atoms with Crippen molar-refractivity contribution in [1.29, 1.82) is 0 Å². The first kappa shape index (κ1) is 12.5. The molecule has 2 aromatic rings. The molecule has 0 amide bonds. The minimum absolute atomic E-state index is 0.468. The maximum atomic E-state index is 11.2. The summed E-state index contributed by atoms with van der Waals surface area (Å²) in [6.45, 7) is 0. The van der Waals surface area contributed by atoms with Crippen LogP contribution >= 0.6 is 11.6 Å². The van der Waals surface area contributed by atoms with Crippen LogP contribution in [0.15, 0.2) is 54.6 Å². The molecule has 0 aromatic heterocycles. The van der Waals surface area contributed by atoms with Gasteiger partial charge in [-0.25, -0.2) is 4.79 Å². The number of hydrogen-bond acceptors (Lipinski definition) is 2. The van der Waals surface area contributed by atoms with Crippen LogP contribution in [0.3, 0.4) is 0 Å². The molecule has 92 valence electrons. The highest BCUT2D eigenvalue weighted by Gasteiger charge is 2.21. The zero-order valence-corrected chi connectivity index (χ0v) is 10.2. The molecule has 0 radical (unpaired) electrons. The number of halogens is 1. The zero-order chi connectivity index (χ0) is 13.0. The highest BCUT2D eigenvalue weighted by Crippen LogP contribution is 2.23. The number of hydrogen-bond donors (Lipinski definition) is 1. The molecular weight excluding hydrogens is 252 g/mol. The van der Waals surface area contributed by atoms with Crippen molar-refractivity contribution >= 4 is 17.6 Å². The van der Waals surface area contributed by atoms with Gasteiger partial charge < -0.3 is 9.84 Å². The van der Waals surface area contributed by atoms with Crippen LogP contribution in [-0.2, 0) is 4.79 Å². The summed E-state index contributed by atoms with van der Waals surface area (Å²) < 4.78 is 5.46. The van der Waals surface area contributed by atoms with Crippen molar-refractivity contribution in [2.45, 2.75) is 6.10 Å². The van der Waals surface area contributed by atoms with Crippen LogP contribution in [0.4, 0.5) is 0 Å². The predicted molar refractivity (Wildman–Crippen MR) is 68.9 cm³/mol.